The molecule has 0 N–H and O–H groups in total. The van der Waals surface area contributed by atoms with Gasteiger partial charge in [0.1, 0.15) is 0 Å². The summed E-state index contributed by atoms with van der Waals surface area (Å²) in [5, 5.41) is 0. The standard InChI is InChI=1S/C6H12S/c1-4-7-5-6(2)3/h2,4-5H2,1,3H3. The van der Waals surface area contributed by atoms with E-state index in [4.69, 9.17) is 0 Å². The summed E-state index contributed by atoms with van der Waals surface area (Å²) in [5.74, 6) is 2.32. The molecule has 0 rings (SSSR count). The van der Waals surface area contributed by atoms with Gasteiger partial charge in [-0.2, -0.15) is 11.8 Å². The van der Waals surface area contributed by atoms with Crippen LogP contribution in [0.2, 0.25) is 0 Å². The van der Waals surface area contributed by atoms with Gasteiger partial charge < -0.3 is 0 Å². The van der Waals surface area contributed by atoms with Crippen molar-refractivity contribution in [3.63, 3.8) is 0 Å². The van der Waals surface area contributed by atoms with E-state index in [-0.39, 0.29) is 0 Å². The first-order valence-electron chi connectivity index (χ1n) is 2.49. The van der Waals surface area contributed by atoms with Crippen LogP contribution in [-0.4, -0.2) is 11.5 Å². The molecule has 0 spiro atoms. The monoisotopic (exact) mass is 116 g/mol. The normalized spacial score (nSPS) is 8.86. The first-order chi connectivity index (χ1) is 3.27. The van der Waals surface area contributed by atoms with E-state index in [2.05, 4.69) is 20.4 Å². The number of hydrogen-bond donors (Lipinski definition) is 0. The molecule has 0 bridgehead atoms. The van der Waals surface area contributed by atoms with Crippen molar-refractivity contribution < 1.29 is 0 Å². The van der Waals surface area contributed by atoms with Crippen LogP contribution >= 0.6 is 11.8 Å². The van der Waals surface area contributed by atoms with Gasteiger partial charge >= 0.3 is 0 Å². The van der Waals surface area contributed by atoms with Crippen LogP contribution in [0.15, 0.2) is 12.2 Å². The van der Waals surface area contributed by atoms with Gasteiger partial charge in [0.05, 0.1) is 0 Å². The van der Waals surface area contributed by atoms with Crippen LogP contribution in [0, 0.1) is 0 Å². The molecular formula is C6H12S. The quantitative estimate of drug-likeness (QED) is 0.510. The topological polar surface area (TPSA) is 0 Å². The molecule has 0 aliphatic carbocycles. The van der Waals surface area contributed by atoms with Gasteiger partial charge in [0, 0.05) is 5.75 Å². The lowest BCUT2D eigenvalue weighted by Gasteiger charge is -1.92. The Morgan fingerprint density at radius 3 is 2.43 bits per heavy atom. The van der Waals surface area contributed by atoms with Crippen molar-refractivity contribution in [1.29, 1.82) is 0 Å². The third-order valence-electron chi connectivity index (χ3n) is 0.553. The van der Waals surface area contributed by atoms with E-state index >= 15 is 0 Å². The molecule has 0 unspecified atom stereocenters. The molecule has 1 heteroatoms. The highest BCUT2D eigenvalue weighted by Gasteiger charge is 1.81. The van der Waals surface area contributed by atoms with Gasteiger partial charge in [-0.3, -0.25) is 0 Å². The number of rotatable bonds is 3. The van der Waals surface area contributed by atoms with Crippen LogP contribution in [0.25, 0.3) is 0 Å². The Balaban J connectivity index is 2.82. The fourth-order valence-electron chi connectivity index (χ4n) is 0.276. The van der Waals surface area contributed by atoms with Gasteiger partial charge in [-0.05, 0) is 12.7 Å². The first-order valence-corrected chi connectivity index (χ1v) is 3.65. The Labute approximate surface area is 50.0 Å². The Morgan fingerprint density at radius 1 is 1.71 bits per heavy atom. The highest BCUT2D eigenvalue weighted by molar-refractivity contribution is 7.99. The third kappa shape index (κ3) is 6.09. The average molecular weight is 116 g/mol. The SMILES string of the molecule is C=C(C)CSCC. The highest BCUT2D eigenvalue weighted by Crippen LogP contribution is 2.02. The maximum absolute atomic E-state index is 3.77. The molecular weight excluding hydrogens is 104 g/mol. The van der Waals surface area contributed by atoms with Gasteiger partial charge in [-0.15, -0.1) is 0 Å². The van der Waals surface area contributed by atoms with Crippen molar-refractivity contribution in [3.05, 3.63) is 12.2 Å². The fraction of sp³-hybridized carbons (Fsp3) is 0.667. The van der Waals surface area contributed by atoms with Gasteiger partial charge in [0.25, 0.3) is 0 Å². The van der Waals surface area contributed by atoms with Crippen LogP contribution in [0.5, 0.6) is 0 Å². The van der Waals surface area contributed by atoms with E-state index in [0.29, 0.717) is 0 Å². The Hall–Kier alpha value is 0.0900. The molecule has 0 nitrogen and oxygen atoms in total. The van der Waals surface area contributed by atoms with Crippen molar-refractivity contribution >= 4 is 11.8 Å². The molecule has 0 aliphatic heterocycles. The summed E-state index contributed by atoms with van der Waals surface area (Å²) in [6, 6.07) is 0. The summed E-state index contributed by atoms with van der Waals surface area (Å²) in [7, 11) is 0. The zero-order valence-corrected chi connectivity index (χ0v) is 5.85. The smallest absolute Gasteiger partial charge is 0.0137 e. The van der Waals surface area contributed by atoms with Gasteiger partial charge in [0.2, 0.25) is 0 Å². The zero-order chi connectivity index (χ0) is 5.70. The molecule has 0 saturated heterocycles. The Morgan fingerprint density at radius 2 is 2.29 bits per heavy atom. The van der Waals surface area contributed by atoms with Crippen LogP contribution in [0.4, 0.5) is 0 Å². The van der Waals surface area contributed by atoms with Crippen molar-refractivity contribution in [1.82, 2.24) is 0 Å². The van der Waals surface area contributed by atoms with E-state index in [1.165, 1.54) is 11.3 Å². The minimum absolute atomic E-state index is 1.12. The van der Waals surface area contributed by atoms with Crippen LogP contribution in [0.1, 0.15) is 13.8 Å². The summed E-state index contributed by atoms with van der Waals surface area (Å²) in [5.41, 5.74) is 1.27. The third-order valence-corrected chi connectivity index (χ3v) is 1.66. The van der Waals surface area contributed by atoms with Crippen LogP contribution in [-0.2, 0) is 0 Å². The maximum atomic E-state index is 3.77. The van der Waals surface area contributed by atoms with Crippen molar-refractivity contribution in [2.45, 2.75) is 13.8 Å². The van der Waals surface area contributed by atoms with Crippen LogP contribution in [0.3, 0.4) is 0 Å². The minimum atomic E-state index is 1.12. The molecule has 0 saturated carbocycles. The average Bonchev–Trinajstić information content (AvgIpc) is 1.61. The molecule has 7 heavy (non-hydrogen) atoms. The minimum Gasteiger partial charge on any atom is -0.158 e. The van der Waals surface area contributed by atoms with E-state index in [0.717, 1.165) is 5.75 Å². The second-order valence-corrected chi connectivity index (χ2v) is 2.87. The van der Waals surface area contributed by atoms with Crippen molar-refractivity contribution in [3.8, 4) is 0 Å². The number of hydrogen-bond acceptors (Lipinski definition) is 1. The maximum Gasteiger partial charge on any atom is 0.0137 e. The summed E-state index contributed by atoms with van der Waals surface area (Å²) >= 11 is 1.92. The van der Waals surface area contributed by atoms with Crippen molar-refractivity contribution in [2.24, 2.45) is 0 Å². The lowest BCUT2D eigenvalue weighted by Crippen LogP contribution is -1.77. The largest absolute Gasteiger partial charge is 0.158 e. The predicted molar refractivity (Wildman–Crippen MR) is 37.8 cm³/mol. The lowest BCUT2D eigenvalue weighted by molar-refractivity contribution is 1.42. The predicted octanol–water partition coefficient (Wildman–Crippen LogP) is 2.32. The second kappa shape index (κ2) is 4.25. The molecule has 0 aliphatic rings. The summed E-state index contributed by atoms with van der Waals surface area (Å²) in [4.78, 5) is 0. The molecule has 0 atom stereocenters. The van der Waals surface area contributed by atoms with E-state index in [1.54, 1.807) is 0 Å². The first kappa shape index (κ1) is 7.09. The molecule has 0 aromatic heterocycles. The molecule has 0 aromatic rings. The van der Waals surface area contributed by atoms with E-state index < -0.39 is 0 Å². The molecule has 42 valence electrons. The summed E-state index contributed by atoms with van der Waals surface area (Å²) < 4.78 is 0. The van der Waals surface area contributed by atoms with Crippen LogP contribution < -0.4 is 0 Å². The van der Waals surface area contributed by atoms with E-state index in [9.17, 15) is 0 Å². The molecule has 0 radical (unpaired) electrons. The van der Waals surface area contributed by atoms with Crippen molar-refractivity contribution in [2.75, 3.05) is 11.5 Å². The number of thioether (sulfide) groups is 1. The molecule has 0 heterocycles. The molecule has 0 aromatic carbocycles. The zero-order valence-electron chi connectivity index (χ0n) is 5.03. The van der Waals surface area contributed by atoms with E-state index in [1.807, 2.05) is 11.8 Å². The highest BCUT2D eigenvalue weighted by atomic mass is 32.2. The lowest BCUT2D eigenvalue weighted by atomic mass is 10.4. The van der Waals surface area contributed by atoms with Gasteiger partial charge in [-0.25, -0.2) is 0 Å². The Bertz CT molecular complexity index is 57.2. The fourth-order valence-corrected chi connectivity index (χ4v) is 0.829. The summed E-state index contributed by atoms with van der Waals surface area (Å²) in [6.07, 6.45) is 0. The Kier molecular flexibility index (Phi) is 4.31. The van der Waals surface area contributed by atoms with Gasteiger partial charge in [0.15, 0.2) is 0 Å². The summed E-state index contributed by atoms with van der Waals surface area (Å²) in [6.45, 7) is 7.99. The molecule has 0 fully saturated rings. The van der Waals surface area contributed by atoms with Gasteiger partial charge in [-0.1, -0.05) is 19.1 Å². The molecule has 0 amide bonds. The second-order valence-electron chi connectivity index (χ2n) is 1.59.